The number of nitrogens with zero attached hydrogens (tertiary/aromatic N) is 1. The molecule has 0 radical (unpaired) electrons. The van der Waals surface area contributed by atoms with Gasteiger partial charge in [0, 0.05) is 17.2 Å². The summed E-state index contributed by atoms with van der Waals surface area (Å²) in [5, 5.41) is 10.5. The highest BCUT2D eigenvalue weighted by molar-refractivity contribution is 6.08. The first kappa shape index (κ1) is 18.7. The van der Waals surface area contributed by atoms with Crippen molar-refractivity contribution in [1.82, 2.24) is 4.57 Å². The average molecular weight is 387 g/mol. The number of methoxy groups -OCH3 is 1. The number of ketones is 1. The second kappa shape index (κ2) is 6.78. The summed E-state index contributed by atoms with van der Waals surface area (Å²) in [4.78, 5) is 26.0. The van der Waals surface area contributed by atoms with Gasteiger partial charge in [0.05, 0.1) is 12.8 Å². The van der Waals surface area contributed by atoms with Crippen molar-refractivity contribution in [3.63, 3.8) is 0 Å². The number of fused-ring (bicyclic) bond motifs is 3. The smallest absolute Gasteiger partial charge is 0.270 e. The average Bonchev–Trinajstić information content (AvgIpc) is 2.94. The third-order valence-electron chi connectivity index (χ3n) is 5.44. The van der Waals surface area contributed by atoms with Gasteiger partial charge in [0.15, 0.2) is 5.78 Å². The molecule has 0 amide bonds. The number of aromatic hydroxyl groups is 1. The third kappa shape index (κ3) is 2.95. The van der Waals surface area contributed by atoms with Crippen molar-refractivity contribution in [3.8, 4) is 17.2 Å². The number of para-hydroxylation sites is 1. The highest BCUT2D eigenvalue weighted by Crippen LogP contribution is 2.42. The van der Waals surface area contributed by atoms with Crippen LogP contribution < -0.4 is 10.3 Å². The minimum absolute atomic E-state index is 0.231. The zero-order valence-electron chi connectivity index (χ0n) is 16.5. The van der Waals surface area contributed by atoms with Crippen molar-refractivity contribution in [1.29, 1.82) is 0 Å². The van der Waals surface area contributed by atoms with Gasteiger partial charge in [-0.25, -0.2) is 0 Å². The second-order valence-corrected chi connectivity index (χ2v) is 7.54. The monoisotopic (exact) mass is 387 g/mol. The van der Waals surface area contributed by atoms with Crippen molar-refractivity contribution in [2.75, 3.05) is 7.11 Å². The normalized spacial score (nSPS) is 13.9. The van der Waals surface area contributed by atoms with Gasteiger partial charge in [-0.1, -0.05) is 50.3 Å². The molecule has 29 heavy (non-hydrogen) atoms. The molecule has 1 aliphatic rings. The van der Waals surface area contributed by atoms with Crippen LogP contribution in [0, 0.1) is 0 Å². The summed E-state index contributed by atoms with van der Waals surface area (Å²) in [5.74, 6) is -0.128. The summed E-state index contributed by atoms with van der Waals surface area (Å²) < 4.78 is 6.65. The van der Waals surface area contributed by atoms with E-state index in [4.69, 9.17) is 4.74 Å². The van der Waals surface area contributed by atoms with Crippen LogP contribution in [-0.2, 0) is 5.41 Å². The van der Waals surface area contributed by atoms with Crippen LogP contribution in [0.4, 0.5) is 0 Å². The Morgan fingerprint density at radius 2 is 1.79 bits per heavy atom. The Bertz CT molecular complexity index is 1200. The first-order valence-electron chi connectivity index (χ1n) is 9.30. The molecular weight excluding hydrogens is 366 g/mol. The number of aromatic nitrogens is 1. The van der Waals surface area contributed by atoms with Gasteiger partial charge in [0.2, 0.25) is 0 Å². The predicted octanol–water partition coefficient (Wildman–Crippen LogP) is 4.09. The molecule has 0 saturated carbocycles. The summed E-state index contributed by atoms with van der Waals surface area (Å²) in [6.07, 6.45) is 2.91. The van der Waals surface area contributed by atoms with Crippen LogP contribution in [0.25, 0.3) is 11.8 Å². The van der Waals surface area contributed by atoms with Crippen molar-refractivity contribution in [2.45, 2.75) is 19.3 Å². The lowest BCUT2D eigenvalue weighted by Gasteiger charge is -2.20. The Balaban J connectivity index is 1.78. The number of pyridine rings is 1. The number of allylic oxidation sites excluding steroid dienone is 1. The maximum absolute atomic E-state index is 13.2. The van der Waals surface area contributed by atoms with Gasteiger partial charge in [-0.3, -0.25) is 14.2 Å². The predicted molar refractivity (Wildman–Crippen MR) is 112 cm³/mol. The van der Waals surface area contributed by atoms with Gasteiger partial charge in [-0.2, -0.15) is 0 Å². The summed E-state index contributed by atoms with van der Waals surface area (Å²) in [7, 11) is 1.58. The largest absolute Gasteiger partial charge is 0.507 e. The Morgan fingerprint density at radius 3 is 2.48 bits per heavy atom. The Labute approximate surface area is 168 Å². The number of carbonyl (C=O) groups excluding carboxylic acids is 1. The van der Waals surface area contributed by atoms with Gasteiger partial charge in [-0.15, -0.1) is 0 Å². The van der Waals surface area contributed by atoms with E-state index in [1.165, 1.54) is 16.7 Å². The number of ether oxygens (including phenoxy) is 1. The fraction of sp³-hybridized carbons (Fsp3) is 0.167. The van der Waals surface area contributed by atoms with E-state index in [0.717, 1.165) is 16.8 Å². The Hall–Kier alpha value is -3.60. The quantitative estimate of drug-likeness (QED) is 0.541. The highest BCUT2D eigenvalue weighted by atomic mass is 16.5. The lowest BCUT2D eigenvalue weighted by atomic mass is 9.83. The molecule has 0 aliphatic carbocycles. The molecule has 0 atom stereocenters. The topological polar surface area (TPSA) is 68.5 Å². The van der Waals surface area contributed by atoms with Crippen molar-refractivity contribution in [3.05, 3.63) is 93.4 Å². The standard InChI is InChI=1S/C24H21NO4/c1-24(2)17-6-4-5-7-18(17)25-21(24)14-20(27)22(23(25)28)19(26)13-10-15-8-11-16(29-3)12-9-15/h4-14,27H,1-3H3. The number of rotatable bonds is 4. The fourth-order valence-corrected chi connectivity index (χ4v) is 3.83. The highest BCUT2D eigenvalue weighted by Gasteiger charge is 2.38. The minimum Gasteiger partial charge on any atom is -0.507 e. The molecule has 0 fully saturated rings. The maximum Gasteiger partial charge on any atom is 0.270 e. The molecule has 0 unspecified atom stereocenters. The van der Waals surface area contributed by atoms with Crippen LogP contribution >= 0.6 is 0 Å². The molecule has 3 aromatic rings. The van der Waals surface area contributed by atoms with Crippen LogP contribution in [0.2, 0.25) is 0 Å². The molecule has 1 aromatic heterocycles. The SMILES string of the molecule is COc1ccc(C=CC(=O)c2c(O)cc3n(c2=O)-c2ccccc2C3(C)C)cc1. The van der Waals surface area contributed by atoms with Crippen LogP contribution in [0.15, 0.2) is 65.5 Å². The molecule has 0 saturated heterocycles. The Kier molecular flexibility index (Phi) is 4.38. The van der Waals surface area contributed by atoms with Crippen LogP contribution in [-0.4, -0.2) is 22.6 Å². The van der Waals surface area contributed by atoms with E-state index in [0.29, 0.717) is 11.4 Å². The van der Waals surface area contributed by atoms with Crippen LogP contribution in [0.3, 0.4) is 0 Å². The second-order valence-electron chi connectivity index (χ2n) is 7.54. The molecule has 4 rings (SSSR count). The lowest BCUT2D eigenvalue weighted by Crippen LogP contribution is -2.27. The molecule has 0 spiro atoms. The zero-order chi connectivity index (χ0) is 20.8. The van der Waals surface area contributed by atoms with Crippen molar-refractivity contribution >= 4 is 11.9 Å². The summed E-state index contributed by atoms with van der Waals surface area (Å²) in [6.45, 7) is 3.99. The molecule has 1 N–H and O–H groups in total. The molecule has 0 bridgehead atoms. The van der Waals surface area contributed by atoms with Crippen LogP contribution in [0.1, 0.15) is 41.0 Å². The first-order valence-corrected chi connectivity index (χ1v) is 9.30. The van der Waals surface area contributed by atoms with E-state index in [1.54, 1.807) is 37.5 Å². The fourth-order valence-electron chi connectivity index (χ4n) is 3.83. The molecule has 146 valence electrons. The summed E-state index contributed by atoms with van der Waals surface area (Å²) >= 11 is 0. The first-order chi connectivity index (χ1) is 13.8. The number of hydrogen-bond acceptors (Lipinski definition) is 4. The zero-order valence-corrected chi connectivity index (χ0v) is 16.5. The summed E-state index contributed by atoms with van der Waals surface area (Å²) in [6, 6.07) is 16.3. The van der Waals surface area contributed by atoms with E-state index in [1.807, 2.05) is 38.1 Å². The number of benzene rings is 2. The van der Waals surface area contributed by atoms with Crippen LogP contribution in [0.5, 0.6) is 11.5 Å². The van der Waals surface area contributed by atoms with E-state index in [9.17, 15) is 14.7 Å². The lowest BCUT2D eigenvalue weighted by molar-refractivity contribution is 0.104. The van der Waals surface area contributed by atoms with Gasteiger partial charge < -0.3 is 9.84 Å². The molecular formula is C24H21NO4. The van der Waals surface area contributed by atoms with Gasteiger partial charge >= 0.3 is 0 Å². The number of hydrogen-bond donors (Lipinski definition) is 1. The molecule has 2 aromatic carbocycles. The van der Waals surface area contributed by atoms with Crippen molar-refractivity contribution in [2.24, 2.45) is 0 Å². The maximum atomic E-state index is 13.2. The van der Waals surface area contributed by atoms with E-state index < -0.39 is 16.8 Å². The Morgan fingerprint density at radius 1 is 1.10 bits per heavy atom. The van der Waals surface area contributed by atoms with Gasteiger partial charge in [0.25, 0.3) is 5.56 Å². The molecule has 5 heteroatoms. The van der Waals surface area contributed by atoms with Gasteiger partial charge in [0.1, 0.15) is 17.1 Å². The molecule has 2 heterocycles. The summed E-state index contributed by atoms with van der Waals surface area (Å²) in [5.41, 5.74) is 1.98. The van der Waals surface area contributed by atoms with E-state index >= 15 is 0 Å². The van der Waals surface area contributed by atoms with Gasteiger partial charge in [-0.05, 0) is 35.4 Å². The third-order valence-corrected chi connectivity index (χ3v) is 5.44. The molecule has 1 aliphatic heterocycles. The minimum atomic E-state index is -0.541. The number of carbonyl (C=O) groups is 1. The van der Waals surface area contributed by atoms with E-state index in [2.05, 4.69) is 0 Å². The van der Waals surface area contributed by atoms with Crippen molar-refractivity contribution < 1.29 is 14.6 Å². The molecule has 5 nitrogen and oxygen atoms in total. The van der Waals surface area contributed by atoms with E-state index in [-0.39, 0.29) is 11.3 Å².